The Morgan fingerprint density at radius 3 is 2.56 bits per heavy atom. The van der Waals surface area contributed by atoms with Gasteiger partial charge in [-0.25, -0.2) is 4.79 Å². The molecule has 0 spiro atoms. The highest BCUT2D eigenvalue weighted by Gasteiger charge is 2.27. The highest BCUT2D eigenvalue weighted by atomic mass is 16.2. The van der Waals surface area contributed by atoms with Crippen molar-refractivity contribution in [2.45, 2.75) is 39.3 Å². The molecule has 0 radical (unpaired) electrons. The average Bonchev–Trinajstić information content (AvgIpc) is 3.09. The average molecular weight is 346 g/mol. The summed E-state index contributed by atoms with van der Waals surface area (Å²) < 4.78 is 0. The van der Waals surface area contributed by atoms with Gasteiger partial charge in [0, 0.05) is 38.3 Å². The van der Waals surface area contributed by atoms with Gasteiger partial charge in [0.15, 0.2) is 0 Å². The zero-order valence-electron chi connectivity index (χ0n) is 15.5. The Labute approximate surface area is 150 Å². The molecule has 0 aliphatic carbocycles. The Morgan fingerprint density at radius 2 is 1.92 bits per heavy atom. The SMILES string of the molecule is CCN(CC)C(=O)CNC(=O)N[C@H]1CCN([C@H](C)c2ccccc2)C1. The molecule has 1 heterocycles. The van der Waals surface area contributed by atoms with Crippen LogP contribution in [0.1, 0.15) is 38.8 Å². The summed E-state index contributed by atoms with van der Waals surface area (Å²) in [6.45, 7) is 9.21. The molecule has 2 N–H and O–H groups in total. The van der Waals surface area contributed by atoms with Crippen molar-refractivity contribution in [3.63, 3.8) is 0 Å². The lowest BCUT2D eigenvalue weighted by Gasteiger charge is -2.25. The van der Waals surface area contributed by atoms with Crippen LogP contribution in [-0.2, 0) is 4.79 Å². The van der Waals surface area contributed by atoms with Crippen LogP contribution in [-0.4, -0.2) is 60.5 Å². The number of carbonyl (C=O) groups is 2. The lowest BCUT2D eigenvalue weighted by Crippen LogP contribution is -2.47. The molecule has 0 bridgehead atoms. The molecule has 2 rings (SSSR count). The Balaban J connectivity index is 1.75. The number of likely N-dealkylation sites (N-methyl/N-ethyl adjacent to an activating group) is 1. The number of nitrogens with zero attached hydrogens (tertiary/aromatic N) is 2. The maximum Gasteiger partial charge on any atom is 0.315 e. The number of rotatable bonds is 7. The Morgan fingerprint density at radius 1 is 1.24 bits per heavy atom. The van der Waals surface area contributed by atoms with E-state index < -0.39 is 0 Å². The summed E-state index contributed by atoms with van der Waals surface area (Å²) in [5, 5.41) is 5.66. The van der Waals surface area contributed by atoms with Crippen molar-refractivity contribution in [1.29, 1.82) is 0 Å². The number of benzene rings is 1. The number of carbonyl (C=O) groups excluding carboxylic acids is 2. The number of amides is 3. The van der Waals surface area contributed by atoms with Crippen LogP contribution in [0.15, 0.2) is 30.3 Å². The van der Waals surface area contributed by atoms with Crippen LogP contribution in [0.2, 0.25) is 0 Å². The molecular weight excluding hydrogens is 316 g/mol. The highest BCUT2D eigenvalue weighted by molar-refractivity contribution is 5.84. The summed E-state index contributed by atoms with van der Waals surface area (Å²) in [4.78, 5) is 28.0. The molecule has 138 valence electrons. The van der Waals surface area contributed by atoms with E-state index in [1.165, 1.54) is 5.56 Å². The highest BCUT2D eigenvalue weighted by Crippen LogP contribution is 2.24. The monoisotopic (exact) mass is 346 g/mol. The first kappa shape index (κ1) is 19.2. The lowest BCUT2D eigenvalue weighted by atomic mass is 10.1. The minimum atomic E-state index is -0.264. The van der Waals surface area contributed by atoms with Gasteiger partial charge in [-0.1, -0.05) is 30.3 Å². The van der Waals surface area contributed by atoms with Crippen LogP contribution in [0.4, 0.5) is 4.79 Å². The van der Waals surface area contributed by atoms with E-state index >= 15 is 0 Å². The first-order chi connectivity index (χ1) is 12.0. The third kappa shape index (κ3) is 5.46. The molecule has 1 fully saturated rings. The zero-order chi connectivity index (χ0) is 18.2. The molecule has 0 aromatic heterocycles. The number of likely N-dealkylation sites (tertiary alicyclic amines) is 1. The van der Waals surface area contributed by atoms with Crippen molar-refractivity contribution in [3.8, 4) is 0 Å². The first-order valence-electron chi connectivity index (χ1n) is 9.16. The lowest BCUT2D eigenvalue weighted by molar-refractivity contribution is -0.129. The van der Waals surface area contributed by atoms with Crippen LogP contribution >= 0.6 is 0 Å². The van der Waals surface area contributed by atoms with Gasteiger partial charge in [0.05, 0.1) is 6.54 Å². The first-order valence-corrected chi connectivity index (χ1v) is 9.16. The van der Waals surface area contributed by atoms with Crippen molar-refractivity contribution in [2.24, 2.45) is 0 Å². The maximum absolute atomic E-state index is 12.0. The van der Waals surface area contributed by atoms with Gasteiger partial charge in [-0.05, 0) is 32.8 Å². The third-order valence-corrected chi connectivity index (χ3v) is 4.90. The van der Waals surface area contributed by atoms with Crippen molar-refractivity contribution in [3.05, 3.63) is 35.9 Å². The van der Waals surface area contributed by atoms with Crippen LogP contribution in [0.25, 0.3) is 0 Å². The fourth-order valence-corrected chi connectivity index (χ4v) is 3.28. The predicted molar refractivity (Wildman–Crippen MR) is 99.3 cm³/mol. The van der Waals surface area contributed by atoms with Crippen LogP contribution in [0.3, 0.4) is 0 Å². The molecule has 1 saturated heterocycles. The van der Waals surface area contributed by atoms with Gasteiger partial charge in [0.25, 0.3) is 0 Å². The maximum atomic E-state index is 12.0. The quantitative estimate of drug-likeness (QED) is 0.794. The second-order valence-corrected chi connectivity index (χ2v) is 6.46. The largest absolute Gasteiger partial charge is 0.342 e. The Kier molecular flexibility index (Phi) is 7.25. The van der Waals surface area contributed by atoms with Crippen molar-refractivity contribution in [1.82, 2.24) is 20.4 Å². The van der Waals surface area contributed by atoms with E-state index in [-0.39, 0.29) is 24.5 Å². The van der Waals surface area contributed by atoms with E-state index in [1.807, 2.05) is 19.9 Å². The van der Waals surface area contributed by atoms with E-state index in [9.17, 15) is 9.59 Å². The molecule has 1 aliphatic heterocycles. The van der Waals surface area contributed by atoms with E-state index in [1.54, 1.807) is 4.90 Å². The fraction of sp³-hybridized carbons (Fsp3) is 0.579. The van der Waals surface area contributed by atoms with Crippen molar-refractivity contribution < 1.29 is 9.59 Å². The van der Waals surface area contributed by atoms with Gasteiger partial charge in [-0.15, -0.1) is 0 Å². The third-order valence-electron chi connectivity index (χ3n) is 4.90. The molecule has 2 atom stereocenters. The normalized spacial score (nSPS) is 18.6. The summed E-state index contributed by atoms with van der Waals surface area (Å²) in [5.74, 6) is -0.0501. The number of urea groups is 1. The summed E-state index contributed by atoms with van der Waals surface area (Å²) in [6.07, 6.45) is 0.925. The molecular formula is C19H30N4O2. The molecule has 0 unspecified atom stereocenters. The van der Waals surface area contributed by atoms with Gasteiger partial charge in [0.2, 0.25) is 5.91 Å². The fourth-order valence-electron chi connectivity index (χ4n) is 3.28. The molecule has 3 amide bonds. The molecule has 1 aromatic carbocycles. The molecule has 6 nitrogen and oxygen atoms in total. The standard InChI is InChI=1S/C19H30N4O2/c1-4-22(5-2)18(24)13-20-19(25)21-17-11-12-23(14-17)15(3)16-9-7-6-8-10-16/h6-10,15,17H,4-5,11-14H2,1-3H3,(H2,20,21,25)/t15-,17+/m1/s1. The van der Waals surface area contributed by atoms with Crippen molar-refractivity contribution in [2.75, 3.05) is 32.7 Å². The summed E-state index contributed by atoms with van der Waals surface area (Å²) >= 11 is 0. The van der Waals surface area contributed by atoms with Gasteiger partial charge >= 0.3 is 6.03 Å². The minimum Gasteiger partial charge on any atom is -0.342 e. The van der Waals surface area contributed by atoms with E-state index in [4.69, 9.17) is 0 Å². The Bertz CT molecular complexity index is 560. The van der Waals surface area contributed by atoms with Gasteiger partial charge < -0.3 is 15.5 Å². The smallest absolute Gasteiger partial charge is 0.315 e. The topological polar surface area (TPSA) is 64.7 Å². The number of hydrogen-bond acceptors (Lipinski definition) is 3. The molecule has 6 heteroatoms. The summed E-state index contributed by atoms with van der Waals surface area (Å²) in [5.41, 5.74) is 1.29. The van der Waals surface area contributed by atoms with Gasteiger partial charge in [-0.3, -0.25) is 9.69 Å². The van der Waals surface area contributed by atoms with E-state index in [0.29, 0.717) is 19.1 Å². The number of hydrogen-bond donors (Lipinski definition) is 2. The molecule has 0 saturated carbocycles. The van der Waals surface area contributed by atoms with Crippen LogP contribution < -0.4 is 10.6 Å². The molecule has 1 aliphatic rings. The second kappa shape index (κ2) is 9.42. The van der Waals surface area contributed by atoms with Crippen molar-refractivity contribution >= 4 is 11.9 Å². The molecule has 1 aromatic rings. The zero-order valence-corrected chi connectivity index (χ0v) is 15.5. The molecule has 25 heavy (non-hydrogen) atoms. The van der Waals surface area contributed by atoms with Gasteiger partial charge in [-0.2, -0.15) is 0 Å². The van der Waals surface area contributed by atoms with E-state index in [2.05, 4.69) is 46.7 Å². The van der Waals surface area contributed by atoms with E-state index in [0.717, 1.165) is 19.5 Å². The predicted octanol–water partition coefficient (Wildman–Crippen LogP) is 1.99. The minimum absolute atomic E-state index is 0.0460. The van der Waals surface area contributed by atoms with Crippen LogP contribution in [0, 0.1) is 0 Å². The summed E-state index contributed by atoms with van der Waals surface area (Å²) in [7, 11) is 0. The number of nitrogens with one attached hydrogen (secondary N) is 2. The second-order valence-electron chi connectivity index (χ2n) is 6.46. The summed E-state index contributed by atoms with van der Waals surface area (Å²) in [6, 6.07) is 10.6. The Hall–Kier alpha value is -2.08. The van der Waals surface area contributed by atoms with Crippen LogP contribution in [0.5, 0.6) is 0 Å². The van der Waals surface area contributed by atoms with Gasteiger partial charge in [0.1, 0.15) is 0 Å².